The molecule has 142 valence electrons. The molecule has 0 bridgehead atoms. The topological polar surface area (TPSA) is 84.5 Å². The number of hydrogen-bond donors (Lipinski definition) is 2. The van der Waals surface area contributed by atoms with Gasteiger partial charge in [0.05, 0.1) is 0 Å². The summed E-state index contributed by atoms with van der Waals surface area (Å²) in [5, 5.41) is 4.95. The van der Waals surface area contributed by atoms with Gasteiger partial charge in [-0.1, -0.05) is 23.8 Å². The molecule has 0 radical (unpaired) electrons. The molecule has 7 heteroatoms. The third-order valence-corrected chi connectivity index (χ3v) is 3.78. The van der Waals surface area contributed by atoms with Gasteiger partial charge in [-0.3, -0.25) is 9.59 Å². The molecule has 2 aromatic rings. The highest BCUT2D eigenvalue weighted by Crippen LogP contribution is 2.13. The molecular weight excluding hydrogens is 351 g/mol. The second kappa shape index (κ2) is 8.93. The predicted molar refractivity (Wildman–Crippen MR) is 98.8 cm³/mol. The van der Waals surface area contributed by atoms with Crippen LogP contribution in [0, 0.1) is 19.7 Å². The number of aryl methyl sites for hydroxylation is 2. The van der Waals surface area contributed by atoms with Crippen molar-refractivity contribution >= 4 is 23.5 Å². The summed E-state index contributed by atoms with van der Waals surface area (Å²) >= 11 is 0. The van der Waals surface area contributed by atoms with Crippen LogP contribution in [0.4, 0.5) is 10.1 Å². The van der Waals surface area contributed by atoms with Gasteiger partial charge in [-0.2, -0.15) is 0 Å². The van der Waals surface area contributed by atoms with Crippen molar-refractivity contribution in [1.29, 1.82) is 0 Å². The summed E-state index contributed by atoms with van der Waals surface area (Å²) in [4.78, 5) is 35.9. The summed E-state index contributed by atoms with van der Waals surface area (Å²) < 4.78 is 18.4. The maximum absolute atomic E-state index is 13.5. The highest BCUT2D eigenvalue weighted by Gasteiger charge is 2.19. The van der Waals surface area contributed by atoms with E-state index >= 15 is 0 Å². The quantitative estimate of drug-likeness (QED) is 0.764. The fraction of sp³-hybridized carbons (Fsp3) is 0.250. The molecule has 2 amide bonds. The fourth-order valence-electron chi connectivity index (χ4n) is 2.25. The van der Waals surface area contributed by atoms with Gasteiger partial charge in [-0.25, -0.2) is 9.18 Å². The van der Waals surface area contributed by atoms with Gasteiger partial charge < -0.3 is 15.4 Å². The molecule has 0 aromatic heterocycles. The molecule has 6 nitrogen and oxygen atoms in total. The van der Waals surface area contributed by atoms with E-state index in [-0.39, 0.29) is 5.69 Å². The summed E-state index contributed by atoms with van der Waals surface area (Å²) in [6.07, 6.45) is 0. The van der Waals surface area contributed by atoms with E-state index in [1.54, 1.807) is 31.2 Å². The smallest absolute Gasteiger partial charge is 0.328 e. The lowest BCUT2D eigenvalue weighted by Gasteiger charge is -2.14. The van der Waals surface area contributed by atoms with Crippen LogP contribution in [0.15, 0.2) is 42.5 Å². The Bertz CT molecular complexity index is 867. The number of carbonyl (C=O) groups excluding carboxylic acids is 3. The molecule has 0 unspecified atom stereocenters. The maximum atomic E-state index is 13.5. The van der Waals surface area contributed by atoms with Gasteiger partial charge in [0.25, 0.3) is 11.8 Å². The van der Waals surface area contributed by atoms with Gasteiger partial charge in [0.15, 0.2) is 6.61 Å². The van der Waals surface area contributed by atoms with E-state index in [1.165, 1.54) is 19.1 Å². The van der Waals surface area contributed by atoms with Crippen molar-refractivity contribution in [2.24, 2.45) is 0 Å². The van der Waals surface area contributed by atoms with E-state index in [1.807, 2.05) is 13.0 Å². The first-order chi connectivity index (χ1) is 12.8. The van der Waals surface area contributed by atoms with Gasteiger partial charge in [0.1, 0.15) is 11.9 Å². The zero-order chi connectivity index (χ0) is 20.0. The van der Waals surface area contributed by atoms with Gasteiger partial charge in [-0.05, 0) is 50.6 Å². The Hall–Kier alpha value is -3.22. The summed E-state index contributed by atoms with van der Waals surface area (Å²) in [5.41, 5.74) is 2.06. The monoisotopic (exact) mass is 372 g/mol. The second-order valence-corrected chi connectivity index (χ2v) is 6.18. The maximum Gasteiger partial charge on any atom is 0.328 e. The molecule has 0 aliphatic heterocycles. The number of benzene rings is 2. The molecular formula is C20H21FN2O4. The largest absolute Gasteiger partial charge is 0.454 e. The van der Waals surface area contributed by atoms with Crippen LogP contribution in [0.1, 0.15) is 28.4 Å². The van der Waals surface area contributed by atoms with E-state index in [9.17, 15) is 18.8 Å². The number of hydrogen-bond acceptors (Lipinski definition) is 4. The van der Waals surface area contributed by atoms with Crippen molar-refractivity contribution in [3.63, 3.8) is 0 Å². The minimum atomic E-state index is -0.928. The first-order valence-electron chi connectivity index (χ1n) is 8.36. The van der Waals surface area contributed by atoms with Crippen LogP contribution in [-0.4, -0.2) is 30.4 Å². The molecule has 2 rings (SSSR count). The van der Waals surface area contributed by atoms with Gasteiger partial charge in [-0.15, -0.1) is 0 Å². The summed E-state index contributed by atoms with van der Waals surface area (Å²) in [6, 6.07) is 10.2. The number of rotatable bonds is 6. The Morgan fingerprint density at radius 3 is 2.52 bits per heavy atom. The summed E-state index contributed by atoms with van der Waals surface area (Å²) in [7, 11) is 0. The lowest BCUT2D eigenvalue weighted by molar-refractivity contribution is -0.148. The predicted octanol–water partition coefficient (Wildman–Crippen LogP) is 2.74. The average Bonchev–Trinajstić information content (AvgIpc) is 2.62. The van der Waals surface area contributed by atoms with Crippen LogP contribution in [0.5, 0.6) is 0 Å². The minimum Gasteiger partial charge on any atom is -0.454 e. The van der Waals surface area contributed by atoms with E-state index in [0.717, 1.165) is 5.56 Å². The third-order valence-electron chi connectivity index (χ3n) is 3.78. The number of esters is 1. The number of carbonyl (C=O) groups is 3. The lowest BCUT2D eigenvalue weighted by atomic mass is 10.1. The zero-order valence-corrected chi connectivity index (χ0v) is 15.3. The highest BCUT2D eigenvalue weighted by atomic mass is 19.1. The Morgan fingerprint density at radius 2 is 1.85 bits per heavy atom. The van der Waals surface area contributed by atoms with Crippen LogP contribution in [0.2, 0.25) is 0 Å². The van der Waals surface area contributed by atoms with Gasteiger partial charge in [0, 0.05) is 11.3 Å². The van der Waals surface area contributed by atoms with Crippen molar-refractivity contribution in [3.05, 3.63) is 65.0 Å². The molecule has 2 aromatic carbocycles. The number of amides is 2. The van der Waals surface area contributed by atoms with Crippen molar-refractivity contribution in [2.75, 3.05) is 11.9 Å². The standard InChI is InChI=1S/C20H21FN2O4/c1-12-5-4-6-15(9-12)19(25)22-14(3)20(26)27-11-18(24)23-16-8-7-13(2)17(21)10-16/h4-10,14H,11H2,1-3H3,(H,22,25)(H,23,24)/t14-/m0/s1. The SMILES string of the molecule is Cc1cccc(C(=O)N[C@@H](C)C(=O)OCC(=O)Nc2ccc(C)c(F)c2)c1. The van der Waals surface area contributed by atoms with Crippen LogP contribution < -0.4 is 10.6 Å². The summed E-state index contributed by atoms with van der Waals surface area (Å²) in [5.74, 6) is -2.22. The molecule has 0 heterocycles. The van der Waals surface area contributed by atoms with Crippen molar-refractivity contribution < 1.29 is 23.5 Å². The molecule has 0 aliphatic carbocycles. The number of nitrogens with one attached hydrogen (secondary N) is 2. The zero-order valence-electron chi connectivity index (χ0n) is 15.3. The van der Waals surface area contributed by atoms with Crippen molar-refractivity contribution in [1.82, 2.24) is 5.32 Å². The summed E-state index contributed by atoms with van der Waals surface area (Å²) in [6.45, 7) is 4.38. The van der Waals surface area contributed by atoms with E-state index < -0.39 is 36.2 Å². The fourth-order valence-corrected chi connectivity index (χ4v) is 2.25. The van der Waals surface area contributed by atoms with E-state index in [0.29, 0.717) is 11.1 Å². The molecule has 0 aliphatic rings. The Balaban J connectivity index is 1.82. The minimum absolute atomic E-state index is 0.264. The van der Waals surface area contributed by atoms with E-state index in [2.05, 4.69) is 10.6 Å². The average molecular weight is 372 g/mol. The van der Waals surface area contributed by atoms with Crippen LogP contribution in [0.3, 0.4) is 0 Å². The molecule has 0 saturated heterocycles. The number of anilines is 1. The number of halogens is 1. The van der Waals surface area contributed by atoms with Crippen LogP contribution >= 0.6 is 0 Å². The normalized spacial score (nSPS) is 11.4. The number of ether oxygens (including phenoxy) is 1. The molecule has 2 N–H and O–H groups in total. The first kappa shape index (κ1) is 20.1. The Labute approximate surface area is 156 Å². The van der Waals surface area contributed by atoms with Gasteiger partial charge in [0.2, 0.25) is 0 Å². The first-order valence-corrected chi connectivity index (χ1v) is 8.36. The Morgan fingerprint density at radius 1 is 1.11 bits per heavy atom. The Kier molecular flexibility index (Phi) is 6.65. The van der Waals surface area contributed by atoms with Gasteiger partial charge >= 0.3 is 5.97 Å². The van der Waals surface area contributed by atoms with Crippen LogP contribution in [0.25, 0.3) is 0 Å². The molecule has 0 spiro atoms. The molecule has 0 saturated carbocycles. The molecule has 1 atom stereocenters. The third kappa shape index (κ3) is 5.91. The van der Waals surface area contributed by atoms with E-state index in [4.69, 9.17) is 4.74 Å². The lowest BCUT2D eigenvalue weighted by Crippen LogP contribution is -2.40. The molecule has 27 heavy (non-hydrogen) atoms. The van der Waals surface area contributed by atoms with Crippen molar-refractivity contribution in [2.45, 2.75) is 26.8 Å². The van der Waals surface area contributed by atoms with Crippen molar-refractivity contribution in [3.8, 4) is 0 Å². The second-order valence-electron chi connectivity index (χ2n) is 6.18. The van der Waals surface area contributed by atoms with Crippen LogP contribution in [-0.2, 0) is 14.3 Å². The molecule has 0 fully saturated rings. The highest BCUT2D eigenvalue weighted by molar-refractivity contribution is 5.97.